The summed E-state index contributed by atoms with van der Waals surface area (Å²) in [6.07, 6.45) is 2.59. The van der Waals surface area contributed by atoms with Crippen LogP contribution in [0.1, 0.15) is 19.8 Å². The van der Waals surface area contributed by atoms with Crippen LogP contribution in [0.15, 0.2) is 18.2 Å². The minimum atomic E-state index is -0.653. The summed E-state index contributed by atoms with van der Waals surface area (Å²) in [5.41, 5.74) is 0. The first-order chi connectivity index (χ1) is 8.16. The van der Waals surface area contributed by atoms with Crippen LogP contribution >= 0.6 is 0 Å². The van der Waals surface area contributed by atoms with Gasteiger partial charge in [-0.3, -0.25) is 0 Å². The molecule has 94 valence electrons. The monoisotopic (exact) mass is 241 g/mol. The SMILES string of the molecule is CC(NCCOc1ccc(F)cc1F)C1CC1. The fraction of sp³-hybridized carbons (Fsp3) is 0.538. The van der Waals surface area contributed by atoms with Crippen molar-refractivity contribution in [2.75, 3.05) is 13.2 Å². The molecule has 0 amide bonds. The van der Waals surface area contributed by atoms with Gasteiger partial charge in [-0.1, -0.05) is 0 Å². The molecule has 1 aromatic carbocycles. The molecule has 0 bridgehead atoms. The molecule has 1 aromatic rings. The third-order valence-electron chi connectivity index (χ3n) is 3.05. The Labute approximate surface area is 100.0 Å². The molecule has 1 atom stereocenters. The predicted octanol–water partition coefficient (Wildman–Crippen LogP) is 2.73. The van der Waals surface area contributed by atoms with Gasteiger partial charge in [0.2, 0.25) is 0 Å². The number of ether oxygens (including phenoxy) is 1. The van der Waals surface area contributed by atoms with E-state index in [-0.39, 0.29) is 5.75 Å². The van der Waals surface area contributed by atoms with Gasteiger partial charge < -0.3 is 10.1 Å². The quantitative estimate of drug-likeness (QED) is 0.773. The molecule has 1 aliphatic carbocycles. The summed E-state index contributed by atoms with van der Waals surface area (Å²) in [6.45, 7) is 3.21. The summed E-state index contributed by atoms with van der Waals surface area (Å²) >= 11 is 0. The zero-order chi connectivity index (χ0) is 12.3. The Morgan fingerprint density at radius 2 is 2.18 bits per heavy atom. The lowest BCUT2D eigenvalue weighted by molar-refractivity contribution is 0.289. The number of halogens is 2. The molecule has 1 aliphatic rings. The normalized spacial score (nSPS) is 16.9. The first-order valence-corrected chi connectivity index (χ1v) is 5.98. The smallest absolute Gasteiger partial charge is 0.167 e. The van der Waals surface area contributed by atoms with Gasteiger partial charge in [-0.25, -0.2) is 8.78 Å². The van der Waals surface area contributed by atoms with E-state index in [1.807, 2.05) is 0 Å². The van der Waals surface area contributed by atoms with E-state index in [0.29, 0.717) is 19.2 Å². The van der Waals surface area contributed by atoms with Gasteiger partial charge in [-0.15, -0.1) is 0 Å². The highest BCUT2D eigenvalue weighted by atomic mass is 19.1. The van der Waals surface area contributed by atoms with Gasteiger partial charge in [0.05, 0.1) is 0 Å². The summed E-state index contributed by atoms with van der Waals surface area (Å²) in [5, 5.41) is 3.32. The van der Waals surface area contributed by atoms with E-state index in [9.17, 15) is 8.78 Å². The van der Waals surface area contributed by atoms with E-state index < -0.39 is 11.6 Å². The number of benzene rings is 1. The summed E-state index contributed by atoms with van der Waals surface area (Å²) in [7, 11) is 0. The second kappa shape index (κ2) is 5.45. The van der Waals surface area contributed by atoms with Crippen LogP contribution in [0.25, 0.3) is 0 Å². The molecule has 1 fully saturated rings. The predicted molar refractivity (Wildman–Crippen MR) is 62.0 cm³/mol. The average molecular weight is 241 g/mol. The van der Waals surface area contributed by atoms with Gasteiger partial charge in [-0.05, 0) is 37.8 Å². The molecular formula is C13H17F2NO. The van der Waals surface area contributed by atoms with Crippen molar-refractivity contribution in [2.24, 2.45) is 5.92 Å². The highest BCUT2D eigenvalue weighted by Crippen LogP contribution is 2.32. The lowest BCUT2D eigenvalue weighted by Crippen LogP contribution is -2.31. The number of nitrogens with one attached hydrogen (secondary N) is 1. The van der Waals surface area contributed by atoms with Crippen LogP contribution in [-0.2, 0) is 0 Å². The highest BCUT2D eigenvalue weighted by Gasteiger charge is 2.27. The van der Waals surface area contributed by atoms with Crippen molar-refractivity contribution < 1.29 is 13.5 Å². The lowest BCUT2D eigenvalue weighted by atomic mass is 10.2. The van der Waals surface area contributed by atoms with Crippen molar-refractivity contribution in [3.8, 4) is 5.75 Å². The van der Waals surface area contributed by atoms with E-state index in [2.05, 4.69) is 12.2 Å². The Morgan fingerprint density at radius 1 is 1.41 bits per heavy atom. The Kier molecular flexibility index (Phi) is 3.94. The van der Waals surface area contributed by atoms with Gasteiger partial charge in [0.15, 0.2) is 11.6 Å². The summed E-state index contributed by atoms with van der Waals surface area (Å²) in [6, 6.07) is 3.83. The maximum atomic E-state index is 13.2. The van der Waals surface area contributed by atoms with Gasteiger partial charge in [0.25, 0.3) is 0 Å². The molecule has 0 radical (unpaired) electrons. The Balaban J connectivity index is 1.70. The molecule has 17 heavy (non-hydrogen) atoms. The largest absolute Gasteiger partial charge is 0.489 e. The Morgan fingerprint density at radius 3 is 2.82 bits per heavy atom. The summed E-state index contributed by atoms with van der Waals surface area (Å²) in [5.74, 6) is -0.347. The van der Waals surface area contributed by atoms with Crippen LogP contribution in [0.3, 0.4) is 0 Å². The third kappa shape index (κ3) is 3.66. The lowest BCUT2D eigenvalue weighted by Gasteiger charge is -2.13. The zero-order valence-corrected chi connectivity index (χ0v) is 9.88. The molecule has 2 nitrogen and oxygen atoms in total. The van der Waals surface area contributed by atoms with Crippen LogP contribution in [0, 0.1) is 17.6 Å². The highest BCUT2D eigenvalue weighted by molar-refractivity contribution is 5.24. The maximum Gasteiger partial charge on any atom is 0.167 e. The molecule has 0 saturated heterocycles. The van der Waals surface area contributed by atoms with Crippen molar-refractivity contribution in [2.45, 2.75) is 25.8 Å². The van der Waals surface area contributed by atoms with Crippen molar-refractivity contribution in [1.29, 1.82) is 0 Å². The second-order valence-corrected chi connectivity index (χ2v) is 4.50. The molecule has 4 heteroatoms. The van der Waals surface area contributed by atoms with Crippen LogP contribution < -0.4 is 10.1 Å². The molecule has 0 aromatic heterocycles. The zero-order valence-electron chi connectivity index (χ0n) is 9.88. The minimum absolute atomic E-state index is 0.104. The third-order valence-corrected chi connectivity index (χ3v) is 3.05. The molecule has 0 heterocycles. The van der Waals surface area contributed by atoms with Crippen LogP contribution in [0.5, 0.6) is 5.75 Å². The molecule has 1 unspecified atom stereocenters. The Bertz CT molecular complexity index is 380. The van der Waals surface area contributed by atoms with Crippen molar-refractivity contribution in [1.82, 2.24) is 5.32 Å². The summed E-state index contributed by atoms with van der Waals surface area (Å²) in [4.78, 5) is 0. The van der Waals surface area contributed by atoms with Gasteiger partial charge in [0, 0.05) is 18.7 Å². The van der Waals surface area contributed by atoms with Crippen LogP contribution in [0.4, 0.5) is 8.78 Å². The number of hydrogen-bond donors (Lipinski definition) is 1. The topological polar surface area (TPSA) is 21.3 Å². The van der Waals surface area contributed by atoms with Crippen LogP contribution in [0.2, 0.25) is 0 Å². The van der Waals surface area contributed by atoms with Crippen molar-refractivity contribution in [3.05, 3.63) is 29.8 Å². The number of hydrogen-bond acceptors (Lipinski definition) is 2. The van der Waals surface area contributed by atoms with E-state index in [1.165, 1.54) is 25.0 Å². The molecule has 2 rings (SSSR count). The maximum absolute atomic E-state index is 13.2. The van der Waals surface area contributed by atoms with Crippen LogP contribution in [-0.4, -0.2) is 19.2 Å². The van der Waals surface area contributed by atoms with E-state index in [1.54, 1.807) is 0 Å². The minimum Gasteiger partial charge on any atom is -0.489 e. The fourth-order valence-corrected chi connectivity index (χ4v) is 1.80. The molecule has 1 saturated carbocycles. The van der Waals surface area contributed by atoms with E-state index in [0.717, 1.165) is 12.0 Å². The van der Waals surface area contributed by atoms with Gasteiger partial charge in [-0.2, -0.15) is 0 Å². The Hall–Kier alpha value is -1.16. The van der Waals surface area contributed by atoms with Crippen molar-refractivity contribution in [3.63, 3.8) is 0 Å². The van der Waals surface area contributed by atoms with E-state index >= 15 is 0 Å². The van der Waals surface area contributed by atoms with Gasteiger partial charge >= 0.3 is 0 Å². The average Bonchev–Trinajstić information content (AvgIpc) is 3.10. The van der Waals surface area contributed by atoms with Crippen molar-refractivity contribution >= 4 is 0 Å². The van der Waals surface area contributed by atoms with Gasteiger partial charge in [0.1, 0.15) is 12.4 Å². The molecule has 0 aliphatic heterocycles. The first-order valence-electron chi connectivity index (χ1n) is 5.98. The molecule has 1 N–H and O–H groups in total. The fourth-order valence-electron chi connectivity index (χ4n) is 1.80. The standard InChI is InChI=1S/C13H17F2NO/c1-9(10-2-3-10)16-6-7-17-13-5-4-11(14)8-12(13)15/h4-5,8-10,16H,2-3,6-7H2,1H3. The summed E-state index contributed by atoms with van der Waals surface area (Å²) < 4.78 is 31.1. The molecule has 0 spiro atoms. The molecular weight excluding hydrogens is 224 g/mol. The second-order valence-electron chi connectivity index (χ2n) is 4.50. The number of rotatable bonds is 6. The van der Waals surface area contributed by atoms with E-state index in [4.69, 9.17) is 4.74 Å². The first kappa shape index (κ1) is 12.3.